The van der Waals surface area contributed by atoms with Gasteiger partial charge in [-0.05, 0) is 43.7 Å². The van der Waals surface area contributed by atoms with Gasteiger partial charge in [-0.15, -0.1) is 0 Å². The van der Waals surface area contributed by atoms with Crippen LogP contribution < -0.4 is 10.2 Å². The van der Waals surface area contributed by atoms with E-state index in [0.29, 0.717) is 44.4 Å². The van der Waals surface area contributed by atoms with Crippen LogP contribution in [0, 0.1) is 19.7 Å². The van der Waals surface area contributed by atoms with Gasteiger partial charge in [-0.3, -0.25) is 4.98 Å². The Morgan fingerprint density at radius 2 is 1.97 bits per heavy atom. The van der Waals surface area contributed by atoms with Gasteiger partial charge in [-0.2, -0.15) is 0 Å². The number of halogens is 1. The standard InChI is InChI=1S/C22H24FN5O/c1-15-16(2)26-22(18-4-3-7-24-14-18)27-21(15)25-13-17-5-6-20(19(23)12-17)28-8-10-29-11-9-28/h3-7,12,14H,8-11,13H2,1-2H3,(H,25,26,27). The van der Waals surface area contributed by atoms with Crippen LogP contribution in [0.15, 0.2) is 42.7 Å². The fourth-order valence-corrected chi connectivity index (χ4v) is 3.33. The van der Waals surface area contributed by atoms with E-state index in [4.69, 9.17) is 4.74 Å². The highest BCUT2D eigenvalue weighted by Crippen LogP contribution is 2.24. The van der Waals surface area contributed by atoms with Gasteiger partial charge in [-0.1, -0.05) is 6.07 Å². The van der Waals surface area contributed by atoms with Crippen molar-refractivity contribution in [2.75, 3.05) is 36.5 Å². The maximum absolute atomic E-state index is 14.6. The van der Waals surface area contributed by atoms with E-state index in [0.717, 1.165) is 28.2 Å². The number of morpholine rings is 1. The van der Waals surface area contributed by atoms with Crippen LogP contribution in [0.5, 0.6) is 0 Å². The van der Waals surface area contributed by atoms with E-state index in [1.54, 1.807) is 18.5 Å². The Hall–Kier alpha value is -3.06. The van der Waals surface area contributed by atoms with Crippen molar-refractivity contribution >= 4 is 11.5 Å². The third-order valence-electron chi connectivity index (χ3n) is 5.13. The van der Waals surface area contributed by atoms with E-state index in [-0.39, 0.29) is 5.82 Å². The lowest BCUT2D eigenvalue weighted by atomic mass is 10.1. The largest absolute Gasteiger partial charge is 0.378 e. The van der Waals surface area contributed by atoms with Gasteiger partial charge >= 0.3 is 0 Å². The smallest absolute Gasteiger partial charge is 0.163 e. The Kier molecular flexibility index (Phi) is 5.67. The fraction of sp³-hybridized carbons (Fsp3) is 0.318. The van der Waals surface area contributed by atoms with Gasteiger partial charge in [0.15, 0.2) is 5.82 Å². The van der Waals surface area contributed by atoms with Gasteiger partial charge < -0.3 is 15.0 Å². The Bertz CT molecular complexity index is 990. The number of hydrogen-bond acceptors (Lipinski definition) is 6. The van der Waals surface area contributed by atoms with Gasteiger partial charge in [0, 0.05) is 48.8 Å². The highest BCUT2D eigenvalue weighted by Gasteiger charge is 2.15. The summed E-state index contributed by atoms with van der Waals surface area (Å²) in [7, 11) is 0. The van der Waals surface area contributed by atoms with Gasteiger partial charge in [0.1, 0.15) is 11.6 Å². The third-order valence-corrected chi connectivity index (χ3v) is 5.13. The maximum Gasteiger partial charge on any atom is 0.163 e. The third kappa shape index (κ3) is 4.35. The van der Waals surface area contributed by atoms with Gasteiger partial charge in [-0.25, -0.2) is 14.4 Å². The lowest BCUT2D eigenvalue weighted by Crippen LogP contribution is -2.36. The van der Waals surface area contributed by atoms with E-state index in [1.165, 1.54) is 0 Å². The molecule has 1 aromatic carbocycles. The van der Waals surface area contributed by atoms with Crippen LogP contribution in [0.3, 0.4) is 0 Å². The highest BCUT2D eigenvalue weighted by atomic mass is 19.1. The van der Waals surface area contributed by atoms with Crippen LogP contribution >= 0.6 is 0 Å². The molecule has 29 heavy (non-hydrogen) atoms. The first-order valence-electron chi connectivity index (χ1n) is 9.72. The molecule has 0 aliphatic carbocycles. The molecule has 4 rings (SSSR count). The number of hydrogen-bond donors (Lipinski definition) is 1. The Morgan fingerprint density at radius 3 is 2.69 bits per heavy atom. The minimum Gasteiger partial charge on any atom is -0.378 e. The quantitative estimate of drug-likeness (QED) is 0.712. The van der Waals surface area contributed by atoms with Crippen LogP contribution in [-0.4, -0.2) is 41.3 Å². The van der Waals surface area contributed by atoms with E-state index >= 15 is 0 Å². The summed E-state index contributed by atoms with van der Waals surface area (Å²) in [5, 5.41) is 3.33. The summed E-state index contributed by atoms with van der Waals surface area (Å²) in [5.41, 5.74) is 4.22. The maximum atomic E-state index is 14.6. The van der Waals surface area contributed by atoms with Crippen LogP contribution in [0.25, 0.3) is 11.4 Å². The molecule has 0 radical (unpaired) electrons. The van der Waals surface area contributed by atoms with E-state index in [1.807, 2.05) is 43.0 Å². The Labute approximate surface area is 169 Å². The van der Waals surface area contributed by atoms with Crippen molar-refractivity contribution in [2.45, 2.75) is 20.4 Å². The molecule has 7 heteroatoms. The normalized spacial score (nSPS) is 14.1. The molecule has 3 aromatic rings. The second-order valence-corrected chi connectivity index (χ2v) is 7.09. The van der Waals surface area contributed by atoms with Crippen molar-refractivity contribution in [1.82, 2.24) is 15.0 Å². The predicted octanol–water partition coefficient (Wildman–Crippen LogP) is 3.74. The number of aromatic nitrogens is 3. The zero-order valence-corrected chi connectivity index (χ0v) is 16.7. The zero-order chi connectivity index (χ0) is 20.2. The second-order valence-electron chi connectivity index (χ2n) is 7.09. The predicted molar refractivity (Wildman–Crippen MR) is 111 cm³/mol. The van der Waals surface area contributed by atoms with Crippen molar-refractivity contribution in [3.63, 3.8) is 0 Å². The summed E-state index contributed by atoms with van der Waals surface area (Å²) in [6.07, 6.45) is 3.46. The fourth-order valence-electron chi connectivity index (χ4n) is 3.33. The number of benzene rings is 1. The van der Waals surface area contributed by atoms with Crippen molar-refractivity contribution in [3.8, 4) is 11.4 Å². The number of nitrogens with zero attached hydrogens (tertiary/aromatic N) is 4. The Balaban J connectivity index is 1.51. The lowest BCUT2D eigenvalue weighted by Gasteiger charge is -2.29. The first-order chi connectivity index (χ1) is 14.1. The van der Waals surface area contributed by atoms with Crippen LogP contribution in [-0.2, 0) is 11.3 Å². The van der Waals surface area contributed by atoms with Crippen LogP contribution in [0.4, 0.5) is 15.9 Å². The first-order valence-corrected chi connectivity index (χ1v) is 9.72. The zero-order valence-electron chi connectivity index (χ0n) is 16.7. The van der Waals surface area contributed by atoms with Gasteiger partial charge in [0.05, 0.1) is 18.9 Å². The molecule has 0 spiro atoms. The summed E-state index contributed by atoms with van der Waals surface area (Å²) >= 11 is 0. The molecule has 1 aliphatic heterocycles. The number of nitrogens with one attached hydrogen (secondary N) is 1. The molecule has 1 saturated heterocycles. The molecule has 0 saturated carbocycles. The SMILES string of the molecule is Cc1nc(-c2cccnc2)nc(NCc2ccc(N3CCOCC3)c(F)c2)c1C. The summed E-state index contributed by atoms with van der Waals surface area (Å²) in [5.74, 6) is 1.16. The summed E-state index contributed by atoms with van der Waals surface area (Å²) in [6, 6.07) is 9.17. The number of rotatable bonds is 5. The Morgan fingerprint density at radius 1 is 1.14 bits per heavy atom. The molecule has 0 amide bonds. The van der Waals surface area contributed by atoms with Crippen LogP contribution in [0.2, 0.25) is 0 Å². The molecule has 0 unspecified atom stereocenters. The number of anilines is 2. The van der Waals surface area contributed by atoms with Crippen molar-refractivity contribution in [3.05, 3.63) is 65.4 Å². The summed E-state index contributed by atoms with van der Waals surface area (Å²) in [4.78, 5) is 15.4. The molecule has 3 heterocycles. The van der Waals surface area contributed by atoms with E-state index < -0.39 is 0 Å². The molecule has 0 bridgehead atoms. The minimum absolute atomic E-state index is 0.210. The average molecular weight is 393 g/mol. The van der Waals surface area contributed by atoms with Gasteiger partial charge in [0.2, 0.25) is 0 Å². The van der Waals surface area contributed by atoms with Crippen molar-refractivity contribution < 1.29 is 9.13 Å². The molecular weight excluding hydrogens is 369 g/mol. The monoisotopic (exact) mass is 393 g/mol. The molecule has 1 fully saturated rings. The van der Waals surface area contributed by atoms with Crippen molar-refractivity contribution in [2.24, 2.45) is 0 Å². The second kappa shape index (κ2) is 8.53. The number of aryl methyl sites for hydroxylation is 1. The topological polar surface area (TPSA) is 63.2 Å². The summed E-state index contributed by atoms with van der Waals surface area (Å²) < 4.78 is 20.0. The number of ether oxygens (including phenoxy) is 1. The van der Waals surface area contributed by atoms with Crippen molar-refractivity contribution in [1.29, 1.82) is 0 Å². The lowest BCUT2D eigenvalue weighted by molar-refractivity contribution is 0.122. The summed E-state index contributed by atoms with van der Waals surface area (Å²) in [6.45, 7) is 7.11. The molecule has 1 aliphatic rings. The molecule has 2 aromatic heterocycles. The first kappa shape index (κ1) is 19.3. The average Bonchev–Trinajstić information content (AvgIpc) is 2.76. The van der Waals surface area contributed by atoms with Crippen LogP contribution in [0.1, 0.15) is 16.8 Å². The van der Waals surface area contributed by atoms with Gasteiger partial charge in [0.25, 0.3) is 0 Å². The minimum atomic E-state index is -0.210. The molecule has 6 nitrogen and oxygen atoms in total. The molecule has 0 atom stereocenters. The number of pyridine rings is 1. The van der Waals surface area contributed by atoms with E-state index in [9.17, 15) is 4.39 Å². The van der Waals surface area contributed by atoms with E-state index in [2.05, 4.69) is 20.3 Å². The molecule has 1 N–H and O–H groups in total. The highest BCUT2D eigenvalue weighted by molar-refractivity contribution is 5.59. The molecule has 150 valence electrons. The molecular formula is C22H24FN5O.